The molecule has 5 nitrogen and oxygen atoms in total. The number of aryl methyl sites for hydroxylation is 1. The molecule has 9 heteroatoms. The molecular weight excluding hydrogens is 369 g/mol. The van der Waals surface area contributed by atoms with Gasteiger partial charge in [0.2, 0.25) is 11.2 Å². The smallest absolute Gasteiger partial charge is 0.450 e. The molecule has 2 aromatic heterocycles. The lowest BCUT2D eigenvalue weighted by Gasteiger charge is -2.15. The van der Waals surface area contributed by atoms with Gasteiger partial charge >= 0.3 is 6.18 Å². The second-order valence-corrected chi connectivity index (χ2v) is 7.27. The quantitative estimate of drug-likeness (QED) is 0.727. The van der Waals surface area contributed by atoms with Crippen LogP contribution in [0, 0.1) is 6.92 Å². The highest BCUT2D eigenvalue weighted by atomic mass is 32.1. The van der Waals surface area contributed by atoms with E-state index in [4.69, 9.17) is 4.42 Å². The summed E-state index contributed by atoms with van der Waals surface area (Å²) in [6.07, 6.45) is -4.88. The summed E-state index contributed by atoms with van der Waals surface area (Å²) in [6.45, 7) is 1.83. The number of hydrogen-bond acceptors (Lipinski definition) is 5. The van der Waals surface area contributed by atoms with E-state index in [1.165, 1.54) is 17.5 Å². The zero-order valence-electron chi connectivity index (χ0n) is 14.2. The molecule has 138 valence electrons. The summed E-state index contributed by atoms with van der Waals surface area (Å²) in [4.78, 5) is 17.7. The van der Waals surface area contributed by atoms with Crippen LogP contribution in [-0.2, 0) is 12.7 Å². The van der Waals surface area contributed by atoms with Crippen molar-refractivity contribution in [3.63, 3.8) is 0 Å². The molecule has 0 amide bonds. The number of halogens is 3. The lowest BCUT2D eigenvalue weighted by molar-refractivity contribution is -0.872. The molecule has 0 aliphatic heterocycles. The Labute approximate surface area is 150 Å². The number of benzene rings is 1. The second-order valence-electron chi connectivity index (χ2n) is 6.21. The average Bonchev–Trinajstić information content (AvgIpc) is 2.94. The highest BCUT2D eigenvalue weighted by Gasteiger charge is 2.40. The largest absolute Gasteiger partial charge is 0.507 e. The Bertz CT molecular complexity index is 1040. The molecule has 0 fully saturated rings. The minimum Gasteiger partial charge on any atom is -0.507 e. The molecule has 26 heavy (non-hydrogen) atoms. The second kappa shape index (κ2) is 6.40. The van der Waals surface area contributed by atoms with Crippen LogP contribution in [-0.4, -0.2) is 24.2 Å². The van der Waals surface area contributed by atoms with Crippen molar-refractivity contribution < 1.29 is 27.6 Å². The Morgan fingerprint density at radius 2 is 2.00 bits per heavy atom. The Morgan fingerprint density at radius 1 is 1.31 bits per heavy atom. The van der Waals surface area contributed by atoms with Crippen molar-refractivity contribution in [2.45, 2.75) is 19.6 Å². The van der Waals surface area contributed by atoms with Gasteiger partial charge in [0.05, 0.1) is 41.3 Å². The summed E-state index contributed by atoms with van der Waals surface area (Å²) < 4.78 is 46.0. The zero-order valence-corrected chi connectivity index (χ0v) is 15.0. The number of quaternary nitrogens is 1. The fourth-order valence-corrected chi connectivity index (χ4v) is 3.34. The summed E-state index contributed by atoms with van der Waals surface area (Å²) in [7, 11) is 3.54. The van der Waals surface area contributed by atoms with Gasteiger partial charge in [0.15, 0.2) is 5.58 Å². The first-order chi connectivity index (χ1) is 12.1. The summed E-state index contributed by atoms with van der Waals surface area (Å²) in [5, 5.41) is 12.0. The van der Waals surface area contributed by atoms with E-state index in [-0.39, 0.29) is 34.5 Å². The van der Waals surface area contributed by atoms with Crippen LogP contribution in [0.25, 0.3) is 22.2 Å². The number of aromatic nitrogens is 1. The van der Waals surface area contributed by atoms with E-state index < -0.39 is 22.9 Å². The molecule has 3 rings (SSSR count). The normalized spacial score (nSPS) is 12.3. The minimum absolute atomic E-state index is 0.0206. The first-order valence-electron chi connectivity index (χ1n) is 7.70. The fraction of sp³-hybridized carbons (Fsp3) is 0.294. The molecular formula is C17H16F3N2O3S+. The molecule has 0 radical (unpaired) electrons. The summed E-state index contributed by atoms with van der Waals surface area (Å²) in [5.74, 6) is -1.62. The fourth-order valence-electron chi connectivity index (χ4n) is 2.74. The molecule has 0 bridgehead atoms. The first-order valence-corrected chi connectivity index (χ1v) is 8.58. The van der Waals surface area contributed by atoms with Crippen LogP contribution < -0.4 is 10.3 Å². The minimum atomic E-state index is -4.88. The molecule has 2 heterocycles. The molecule has 2 N–H and O–H groups in total. The van der Waals surface area contributed by atoms with E-state index in [1.54, 1.807) is 21.0 Å². The van der Waals surface area contributed by atoms with E-state index in [1.807, 2.05) is 0 Å². The number of phenolic OH excluding ortho intramolecular Hbond substituents is 1. The Hall–Kier alpha value is -2.39. The summed E-state index contributed by atoms with van der Waals surface area (Å²) >= 11 is 1.14. The molecule has 0 atom stereocenters. The van der Waals surface area contributed by atoms with Gasteiger partial charge in [-0.3, -0.25) is 4.79 Å². The third-order valence-electron chi connectivity index (χ3n) is 3.80. The summed E-state index contributed by atoms with van der Waals surface area (Å²) in [5.41, 5.74) is -1.59. The predicted octanol–water partition coefficient (Wildman–Crippen LogP) is 2.59. The summed E-state index contributed by atoms with van der Waals surface area (Å²) in [6, 6.07) is 2.56. The SMILES string of the molecule is Cc1nc(-c2c(C(F)(F)F)oc3c(C[NH+](C)C)c(O)ccc3c2=O)cs1. The maximum absolute atomic E-state index is 13.6. The Kier molecular flexibility index (Phi) is 4.53. The van der Waals surface area contributed by atoms with Crippen LogP contribution in [0.5, 0.6) is 5.75 Å². The van der Waals surface area contributed by atoms with Gasteiger partial charge in [-0.1, -0.05) is 0 Å². The Balaban J connectivity index is 2.44. The maximum Gasteiger partial charge on any atom is 0.450 e. The van der Waals surface area contributed by atoms with Gasteiger partial charge in [-0.2, -0.15) is 13.2 Å². The van der Waals surface area contributed by atoms with Gasteiger partial charge in [0.1, 0.15) is 12.3 Å². The molecule has 0 aliphatic carbocycles. The van der Waals surface area contributed by atoms with Crippen molar-refractivity contribution in [3.8, 4) is 17.0 Å². The number of phenols is 1. The third-order valence-corrected chi connectivity index (χ3v) is 4.58. The van der Waals surface area contributed by atoms with E-state index in [0.29, 0.717) is 5.01 Å². The van der Waals surface area contributed by atoms with Crippen molar-refractivity contribution in [3.05, 3.63) is 44.1 Å². The van der Waals surface area contributed by atoms with E-state index >= 15 is 0 Å². The average molecular weight is 385 g/mol. The van der Waals surface area contributed by atoms with Crippen LogP contribution in [0.4, 0.5) is 13.2 Å². The van der Waals surface area contributed by atoms with Gasteiger partial charge in [-0.05, 0) is 19.1 Å². The highest BCUT2D eigenvalue weighted by molar-refractivity contribution is 7.09. The number of aromatic hydroxyl groups is 1. The number of thiazole rings is 1. The Morgan fingerprint density at radius 3 is 2.54 bits per heavy atom. The van der Waals surface area contributed by atoms with Crippen molar-refractivity contribution in [1.82, 2.24) is 4.98 Å². The van der Waals surface area contributed by atoms with Gasteiger partial charge in [-0.15, -0.1) is 11.3 Å². The van der Waals surface area contributed by atoms with E-state index in [2.05, 4.69) is 4.98 Å². The van der Waals surface area contributed by atoms with Crippen molar-refractivity contribution in [1.29, 1.82) is 0 Å². The topological polar surface area (TPSA) is 67.8 Å². The molecule has 0 spiro atoms. The molecule has 0 unspecified atom stereocenters. The molecule has 0 saturated carbocycles. The standard InChI is InChI=1S/C17H15F3N2O3S/c1-8-21-11(7-26-8)13-14(24)9-4-5-12(23)10(6-22(2)3)15(9)25-16(13)17(18,19)20/h4-5,7,23H,6H2,1-3H3/p+1. The van der Waals surface area contributed by atoms with Crippen LogP contribution >= 0.6 is 11.3 Å². The highest BCUT2D eigenvalue weighted by Crippen LogP contribution is 2.39. The van der Waals surface area contributed by atoms with Crippen molar-refractivity contribution in [2.75, 3.05) is 14.1 Å². The molecule has 0 saturated heterocycles. The van der Waals surface area contributed by atoms with Crippen LogP contribution in [0.1, 0.15) is 16.3 Å². The molecule has 3 aromatic rings. The van der Waals surface area contributed by atoms with E-state index in [9.17, 15) is 23.1 Å². The first kappa shape index (κ1) is 18.4. The van der Waals surface area contributed by atoms with Crippen molar-refractivity contribution >= 4 is 22.3 Å². The lowest BCUT2D eigenvalue weighted by atomic mass is 10.0. The number of hydrogen-bond donors (Lipinski definition) is 2. The van der Waals surface area contributed by atoms with Crippen LogP contribution in [0.2, 0.25) is 0 Å². The molecule has 0 aliphatic rings. The number of alkyl halides is 3. The lowest BCUT2D eigenvalue weighted by Crippen LogP contribution is -3.04. The van der Waals surface area contributed by atoms with Crippen LogP contribution in [0.15, 0.2) is 26.7 Å². The van der Waals surface area contributed by atoms with Crippen LogP contribution in [0.3, 0.4) is 0 Å². The van der Waals surface area contributed by atoms with E-state index in [0.717, 1.165) is 16.2 Å². The maximum atomic E-state index is 13.6. The number of nitrogens with zero attached hydrogens (tertiary/aromatic N) is 1. The predicted molar refractivity (Wildman–Crippen MR) is 91.5 cm³/mol. The number of rotatable bonds is 3. The monoisotopic (exact) mass is 385 g/mol. The number of nitrogens with one attached hydrogen (secondary N) is 1. The zero-order chi connectivity index (χ0) is 19.2. The molecule has 1 aromatic carbocycles. The van der Waals surface area contributed by atoms with Gasteiger partial charge in [-0.25, -0.2) is 4.98 Å². The number of fused-ring (bicyclic) bond motifs is 1. The van der Waals surface area contributed by atoms with Gasteiger partial charge in [0, 0.05) is 5.38 Å². The third kappa shape index (κ3) is 3.19. The van der Waals surface area contributed by atoms with Crippen molar-refractivity contribution in [2.24, 2.45) is 0 Å². The van der Waals surface area contributed by atoms with Gasteiger partial charge in [0.25, 0.3) is 0 Å². The van der Waals surface area contributed by atoms with Gasteiger partial charge < -0.3 is 14.4 Å².